The molecular weight excluding hydrogens is 232 g/mol. The van der Waals surface area contributed by atoms with E-state index in [0.29, 0.717) is 11.6 Å². The maximum atomic E-state index is 11.5. The van der Waals surface area contributed by atoms with Crippen LogP contribution in [0.2, 0.25) is 5.02 Å². The number of nitrogens with zero attached hydrogens (tertiary/aromatic N) is 2. The smallest absolute Gasteiger partial charge is 0.242 e. The van der Waals surface area contributed by atoms with Gasteiger partial charge in [0.15, 0.2) is 5.82 Å². The highest BCUT2D eigenvalue weighted by Gasteiger charge is 2.09. The molecule has 1 unspecified atom stereocenters. The van der Waals surface area contributed by atoms with Crippen molar-refractivity contribution in [1.29, 1.82) is 0 Å². The third-order valence-corrected chi connectivity index (χ3v) is 2.16. The highest BCUT2D eigenvalue weighted by molar-refractivity contribution is 6.32. The molecule has 1 heterocycles. The van der Waals surface area contributed by atoms with Crippen molar-refractivity contribution in [2.45, 2.75) is 19.5 Å². The van der Waals surface area contributed by atoms with Crippen LogP contribution < -0.4 is 11.1 Å². The van der Waals surface area contributed by atoms with Crippen LogP contribution >= 0.6 is 11.6 Å². The zero-order chi connectivity index (χ0) is 12.1. The van der Waals surface area contributed by atoms with E-state index in [2.05, 4.69) is 10.4 Å². The Kier molecular flexibility index (Phi) is 4.57. The van der Waals surface area contributed by atoms with E-state index in [1.165, 1.54) is 10.9 Å². The van der Waals surface area contributed by atoms with E-state index >= 15 is 0 Å². The fourth-order valence-corrected chi connectivity index (χ4v) is 1.40. The van der Waals surface area contributed by atoms with Gasteiger partial charge in [0, 0.05) is 19.3 Å². The first-order valence-corrected chi connectivity index (χ1v) is 5.17. The predicted molar refractivity (Wildman–Crippen MR) is 61.1 cm³/mol. The lowest BCUT2D eigenvalue weighted by Crippen LogP contribution is -2.37. The van der Waals surface area contributed by atoms with Crippen LogP contribution in [0.15, 0.2) is 6.20 Å². The van der Waals surface area contributed by atoms with Gasteiger partial charge in [-0.25, -0.2) is 0 Å². The second-order valence-electron chi connectivity index (χ2n) is 3.48. The van der Waals surface area contributed by atoms with E-state index in [4.69, 9.17) is 22.1 Å². The van der Waals surface area contributed by atoms with Gasteiger partial charge in [0.1, 0.15) is 11.6 Å². The Morgan fingerprint density at radius 2 is 2.50 bits per heavy atom. The summed E-state index contributed by atoms with van der Waals surface area (Å²) in [5.74, 6) is 0.0584. The highest BCUT2D eigenvalue weighted by atomic mass is 35.5. The largest absolute Gasteiger partial charge is 0.383 e. The quantitative estimate of drug-likeness (QED) is 0.781. The van der Waals surface area contributed by atoms with Crippen molar-refractivity contribution in [2.24, 2.45) is 0 Å². The van der Waals surface area contributed by atoms with Crippen LogP contribution in [0.4, 0.5) is 5.82 Å². The number of anilines is 1. The first-order valence-electron chi connectivity index (χ1n) is 4.79. The number of nitrogen functional groups attached to an aromatic ring is 1. The molecular formula is C9H15ClN4O2. The van der Waals surface area contributed by atoms with Crippen molar-refractivity contribution < 1.29 is 9.53 Å². The van der Waals surface area contributed by atoms with E-state index in [1.807, 2.05) is 6.92 Å². The zero-order valence-electron chi connectivity index (χ0n) is 9.24. The van der Waals surface area contributed by atoms with Gasteiger partial charge in [0.25, 0.3) is 0 Å². The summed E-state index contributed by atoms with van der Waals surface area (Å²) >= 11 is 5.71. The summed E-state index contributed by atoms with van der Waals surface area (Å²) in [7, 11) is 1.58. The third kappa shape index (κ3) is 3.71. The molecule has 1 atom stereocenters. The monoisotopic (exact) mass is 246 g/mol. The lowest BCUT2D eigenvalue weighted by Gasteiger charge is -2.12. The Balaban J connectivity index is 2.45. The van der Waals surface area contributed by atoms with Crippen molar-refractivity contribution >= 4 is 23.3 Å². The standard InChI is InChI=1S/C9H15ClN4O2/c1-6(5-16-2)12-8(15)4-14-3-7(10)9(11)13-14/h3,6H,4-5H2,1-2H3,(H2,11,13)(H,12,15). The van der Waals surface area contributed by atoms with Crippen LogP contribution in [0.25, 0.3) is 0 Å². The van der Waals surface area contributed by atoms with E-state index in [9.17, 15) is 4.79 Å². The summed E-state index contributed by atoms with van der Waals surface area (Å²) in [5, 5.41) is 6.97. The molecule has 0 radical (unpaired) electrons. The summed E-state index contributed by atoms with van der Waals surface area (Å²) < 4.78 is 6.30. The molecule has 0 bridgehead atoms. The third-order valence-electron chi connectivity index (χ3n) is 1.87. The van der Waals surface area contributed by atoms with Gasteiger partial charge in [-0.2, -0.15) is 5.10 Å². The van der Waals surface area contributed by atoms with Crippen LogP contribution in [-0.4, -0.2) is 35.4 Å². The fraction of sp³-hybridized carbons (Fsp3) is 0.556. The number of halogens is 1. The fourth-order valence-electron chi connectivity index (χ4n) is 1.25. The van der Waals surface area contributed by atoms with Gasteiger partial charge in [-0.15, -0.1) is 0 Å². The molecule has 0 spiro atoms. The second kappa shape index (κ2) is 5.72. The predicted octanol–water partition coefficient (Wildman–Crippen LogP) is 0.270. The molecule has 0 fully saturated rings. The lowest BCUT2D eigenvalue weighted by molar-refractivity contribution is -0.122. The normalized spacial score (nSPS) is 12.4. The minimum Gasteiger partial charge on any atom is -0.383 e. The second-order valence-corrected chi connectivity index (χ2v) is 3.89. The minimum atomic E-state index is -0.163. The molecule has 3 N–H and O–H groups in total. The Bertz CT molecular complexity index is 347. The molecule has 1 aromatic rings. The molecule has 16 heavy (non-hydrogen) atoms. The number of rotatable bonds is 5. The number of amides is 1. The van der Waals surface area contributed by atoms with Crippen molar-refractivity contribution in [3.63, 3.8) is 0 Å². The average molecular weight is 247 g/mol. The Morgan fingerprint density at radius 1 is 1.81 bits per heavy atom. The molecule has 0 aliphatic carbocycles. The van der Waals surface area contributed by atoms with E-state index in [1.54, 1.807) is 7.11 Å². The SMILES string of the molecule is COCC(C)NC(=O)Cn1cc(Cl)c(N)n1. The number of hydrogen-bond acceptors (Lipinski definition) is 4. The maximum Gasteiger partial charge on any atom is 0.242 e. The van der Waals surface area contributed by atoms with Crippen LogP contribution in [0.5, 0.6) is 0 Å². The molecule has 0 saturated carbocycles. The molecule has 0 aliphatic rings. The van der Waals surface area contributed by atoms with Crippen molar-refractivity contribution in [2.75, 3.05) is 19.5 Å². The van der Waals surface area contributed by atoms with Crippen LogP contribution in [0, 0.1) is 0 Å². The molecule has 0 saturated heterocycles. The number of methoxy groups -OCH3 is 1. The van der Waals surface area contributed by atoms with E-state index in [-0.39, 0.29) is 24.3 Å². The zero-order valence-corrected chi connectivity index (χ0v) is 9.99. The van der Waals surface area contributed by atoms with Crippen LogP contribution in [0.3, 0.4) is 0 Å². The minimum absolute atomic E-state index is 0.0409. The Morgan fingerprint density at radius 3 is 3.00 bits per heavy atom. The molecule has 0 aliphatic heterocycles. The van der Waals surface area contributed by atoms with E-state index in [0.717, 1.165) is 0 Å². The molecule has 0 aromatic carbocycles. The van der Waals surface area contributed by atoms with Crippen molar-refractivity contribution in [1.82, 2.24) is 15.1 Å². The van der Waals surface area contributed by atoms with Crippen molar-refractivity contribution in [3.05, 3.63) is 11.2 Å². The van der Waals surface area contributed by atoms with Gasteiger partial charge in [-0.05, 0) is 6.92 Å². The number of nitrogens with two attached hydrogens (primary N) is 1. The lowest BCUT2D eigenvalue weighted by atomic mass is 10.3. The first kappa shape index (κ1) is 12.8. The summed E-state index contributed by atoms with van der Waals surface area (Å²) in [6, 6.07) is -0.0409. The van der Waals surface area contributed by atoms with Gasteiger partial charge in [0.05, 0.1) is 6.61 Å². The number of hydrogen-bond donors (Lipinski definition) is 2. The van der Waals surface area contributed by atoms with Gasteiger partial charge >= 0.3 is 0 Å². The number of ether oxygens (including phenoxy) is 1. The van der Waals surface area contributed by atoms with Gasteiger partial charge < -0.3 is 15.8 Å². The molecule has 6 nitrogen and oxygen atoms in total. The molecule has 7 heteroatoms. The van der Waals surface area contributed by atoms with Gasteiger partial charge in [-0.3, -0.25) is 9.48 Å². The molecule has 90 valence electrons. The summed E-state index contributed by atoms with van der Waals surface area (Å²) in [6.07, 6.45) is 1.51. The molecule has 1 rings (SSSR count). The number of aromatic nitrogens is 2. The van der Waals surface area contributed by atoms with Crippen LogP contribution in [0.1, 0.15) is 6.92 Å². The number of nitrogens with one attached hydrogen (secondary N) is 1. The Labute approximate surface area is 98.7 Å². The first-order chi connectivity index (χ1) is 7.52. The number of carbonyl (C=O) groups is 1. The molecule has 1 amide bonds. The average Bonchev–Trinajstić information content (AvgIpc) is 2.45. The highest BCUT2D eigenvalue weighted by Crippen LogP contribution is 2.14. The number of carbonyl (C=O) groups excluding carboxylic acids is 1. The van der Waals surface area contributed by atoms with Gasteiger partial charge in [0.2, 0.25) is 5.91 Å². The van der Waals surface area contributed by atoms with E-state index < -0.39 is 0 Å². The van der Waals surface area contributed by atoms with Gasteiger partial charge in [-0.1, -0.05) is 11.6 Å². The molecule has 1 aromatic heterocycles. The summed E-state index contributed by atoms with van der Waals surface area (Å²) in [4.78, 5) is 11.5. The maximum absolute atomic E-state index is 11.5. The topological polar surface area (TPSA) is 82.2 Å². The summed E-state index contributed by atoms with van der Waals surface area (Å²) in [5.41, 5.74) is 5.45. The van der Waals surface area contributed by atoms with Crippen molar-refractivity contribution in [3.8, 4) is 0 Å². The van der Waals surface area contributed by atoms with Crippen LogP contribution in [-0.2, 0) is 16.1 Å². The summed E-state index contributed by atoms with van der Waals surface area (Å²) in [6.45, 7) is 2.41. The Hall–Kier alpha value is -1.27.